The number of amides is 2. The van der Waals surface area contributed by atoms with E-state index in [4.69, 9.17) is 4.74 Å². The van der Waals surface area contributed by atoms with Crippen molar-refractivity contribution in [2.45, 2.75) is 70.1 Å². The van der Waals surface area contributed by atoms with Gasteiger partial charge in [0.2, 0.25) is 5.91 Å². The number of fused-ring (bicyclic) bond motifs is 1. The van der Waals surface area contributed by atoms with E-state index in [1.54, 1.807) is 4.90 Å². The summed E-state index contributed by atoms with van der Waals surface area (Å²) in [5, 5.41) is 0. The second-order valence-corrected chi connectivity index (χ2v) is 8.47. The number of rotatable bonds is 6. The van der Waals surface area contributed by atoms with Crippen molar-refractivity contribution >= 4 is 17.8 Å². The Kier molecular flexibility index (Phi) is 6.16. The lowest BCUT2D eigenvalue weighted by Gasteiger charge is -2.30. The Morgan fingerprint density at radius 3 is 2.48 bits per heavy atom. The summed E-state index contributed by atoms with van der Waals surface area (Å²) in [6, 6.07) is 9.38. The summed E-state index contributed by atoms with van der Waals surface area (Å²) in [5.41, 5.74) is 0.689. The normalized spacial score (nSPS) is 25.9. The van der Waals surface area contributed by atoms with Gasteiger partial charge in [-0.05, 0) is 38.0 Å². The topological polar surface area (TPSA) is 66.9 Å². The minimum atomic E-state index is -0.448. The molecule has 2 amide bonds. The first-order valence-electron chi connectivity index (χ1n) is 11.0. The van der Waals surface area contributed by atoms with Crippen LogP contribution in [0.15, 0.2) is 30.3 Å². The highest BCUT2D eigenvalue weighted by atomic mass is 16.6. The number of hydrogen-bond donors (Lipinski definition) is 0. The molecule has 1 aliphatic carbocycles. The number of carbonyl (C=O) groups is 3. The van der Waals surface area contributed by atoms with E-state index < -0.39 is 6.23 Å². The van der Waals surface area contributed by atoms with Gasteiger partial charge in [0, 0.05) is 44.0 Å². The van der Waals surface area contributed by atoms with E-state index in [0.29, 0.717) is 30.7 Å². The van der Waals surface area contributed by atoms with E-state index in [1.165, 1.54) is 0 Å². The minimum absolute atomic E-state index is 0.0134. The molecule has 6 heteroatoms. The number of ether oxygens (including phenoxy) is 1. The summed E-state index contributed by atoms with van der Waals surface area (Å²) in [7, 11) is 0. The summed E-state index contributed by atoms with van der Waals surface area (Å²) in [5.74, 6) is 0.510. The number of ketones is 1. The van der Waals surface area contributed by atoms with E-state index in [2.05, 4.69) is 0 Å². The summed E-state index contributed by atoms with van der Waals surface area (Å²) in [6.45, 7) is 1.49. The van der Waals surface area contributed by atoms with E-state index in [-0.39, 0.29) is 23.8 Å². The summed E-state index contributed by atoms with van der Waals surface area (Å²) in [4.78, 5) is 41.4. The Morgan fingerprint density at radius 2 is 1.72 bits per heavy atom. The zero-order valence-corrected chi connectivity index (χ0v) is 16.9. The molecule has 0 radical (unpaired) electrons. The number of hydrogen-bond acceptors (Lipinski definition) is 4. The van der Waals surface area contributed by atoms with E-state index in [0.717, 1.165) is 51.6 Å². The fraction of sp³-hybridized carbons (Fsp3) is 0.609. The van der Waals surface area contributed by atoms with Crippen molar-refractivity contribution in [3.63, 3.8) is 0 Å². The molecule has 1 aromatic carbocycles. The van der Waals surface area contributed by atoms with Gasteiger partial charge < -0.3 is 14.5 Å². The van der Waals surface area contributed by atoms with E-state index >= 15 is 0 Å². The fourth-order valence-corrected chi connectivity index (χ4v) is 5.08. The van der Waals surface area contributed by atoms with Crippen molar-refractivity contribution in [2.24, 2.45) is 5.92 Å². The van der Waals surface area contributed by atoms with Gasteiger partial charge in [0.25, 0.3) is 0 Å². The fourth-order valence-electron chi connectivity index (χ4n) is 5.08. The molecule has 0 unspecified atom stereocenters. The number of likely N-dealkylation sites (tertiary alicyclic amines) is 2. The molecule has 0 aromatic heterocycles. The molecular formula is C23H30N2O4. The van der Waals surface area contributed by atoms with Crippen molar-refractivity contribution < 1.29 is 19.1 Å². The first kappa shape index (κ1) is 19.9. The van der Waals surface area contributed by atoms with E-state index in [9.17, 15) is 14.4 Å². The van der Waals surface area contributed by atoms with Crippen molar-refractivity contribution in [1.82, 2.24) is 9.80 Å². The van der Waals surface area contributed by atoms with Crippen LogP contribution in [0.25, 0.3) is 0 Å². The van der Waals surface area contributed by atoms with Crippen LogP contribution in [0.1, 0.15) is 68.1 Å². The van der Waals surface area contributed by atoms with Crippen LogP contribution in [0.4, 0.5) is 4.79 Å². The minimum Gasteiger partial charge on any atom is -0.425 e. The zero-order chi connectivity index (χ0) is 20.2. The third-order valence-electron chi connectivity index (χ3n) is 6.57. The molecule has 3 aliphatic rings. The molecule has 156 valence electrons. The summed E-state index contributed by atoms with van der Waals surface area (Å²) < 4.78 is 5.79. The smallest absolute Gasteiger partial charge is 0.411 e. The molecule has 29 heavy (non-hydrogen) atoms. The molecule has 0 spiro atoms. The third kappa shape index (κ3) is 4.46. The highest BCUT2D eigenvalue weighted by Crippen LogP contribution is 2.42. The Hall–Kier alpha value is -2.37. The number of benzene rings is 1. The highest BCUT2D eigenvalue weighted by molar-refractivity contribution is 5.96. The number of carbonyl (C=O) groups excluding carboxylic acids is 3. The summed E-state index contributed by atoms with van der Waals surface area (Å²) >= 11 is 0. The van der Waals surface area contributed by atoms with Crippen LogP contribution in [0.5, 0.6) is 0 Å². The predicted molar refractivity (Wildman–Crippen MR) is 108 cm³/mol. The van der Waals surface area contributed by atoms with Gasteiger partial charge in [-0.15, -0.1) is 0 Å². The Labute approximate surface area is 172 Å². The van der Waals surface area contributed by atoms with Gasteiger partial charge in [0.1, 0.15) is 0 Å². The standard InChI is InChI=1S/C23H30N2O4/c26-20(17-8-2-1-3-9-17)12-7-13-21(27)25-19-11-6-10-18(19)16-22(25)29-23(28)24-14-4-5-15-24/h1-3,8-9,18-19,22H,4-7,10-16H2/t18-,19-,22-/m0/s1. The number of Topliss-reactive ketones (excluding diaryl/α,β-unsaturated/α-hetero) is 1. The molecule has 2 aliphatic heterocycles. The van der Waals surface area contributed by atoms with Gasteiger partial charge in [0.05, 0.1) is 0 Å². The number of nitrogens with zero attached hydrogens (tertiary/aromatic N) is 2. The Balaban J connectivity index is 1.33. The average molecular weight is 399 g/mol. The molecule has 3 fully saturated rings. The molecule has 0 bridgehead atoms. The zero-order valence-electron chi connectivity index (χ0n) is 16.9. The average Bonchev–Trinajstić information content (AvgIpc) is 3.46. The van der Waals surface area contributed by atoms with Crippen LogP contribution in [0, 0.1) is 5.92 Å². The Morgan fingerprint density at radius 1 is 0.966 bits per heavy atom. The molecule has 4 rings (SSSR count). The van der Waals surface area contributed by atoms with Crippen molar-refractivity contribution in [3.05, 3.63) is 35.9 Å². The van der Waals surface area contributed by atoms with Crippen LogP contribution < -0.4 is 0 Å². The van der Waals surface area contributed by atoms with Crippen LogP contribution in [-0.4, -0.2) is 52.9 Å². The SMILES string of the molecule is O=C(CCCC(=O)N1[C@@H](OC(=O)N2CCCC2)C[C@@H]2CCC[C@@H]21)c1ccccc1. The van der Waals surface area contributed by atoms with Crippen LogP contribution in [0.3, 0.4) is 0 Å². The van der Waals surface area contributed by atoms with Crippen molar-refractivity contribution in [2.75, 3.05) is 13.1 Å². The molecule has 0 N–H and O–H groups in total. The van der Waals surface area contributed by atoms with Gasteiger partial charge in [-0.3, -0.25) is 9.59 Å². The molecule has 2 heterocycles. The first-order valence-corrected chi connectivity index (χ1v) is 11.0. The maximum Gasteiger partial charge on any atom is 0.411 e. The van der Waals surface area contributed by atoms with Crippen LogP contribution >= 0.6 is 0 Å². The van der Waals surface area contributed by atoms with Crippen molar-refractivity contribution in [1.29, 1.82) is 0 Å². The first-order chi connectivity index (χ1) is 14.1. The lowest BCUT2D eigenvalue weighted by atomic mass is 10.0. The molecule has 1 saturated carbocycles. The van der Waals surface area contributed by atoms with Crippen molar-refractivity contribution in [3.8, 4) is 0 Å². The van der Waals surface area contributed by atoms with Crippen LogP contribution in [-0.2, 0) is 9.53 Å². The second-order valence-electron chi connectivity index (χ2n) is 8.47. The summed E-state index contributed by atoms with van der Waals surface area (Å²) in [6.07, 6.45) is 6.45. The molecule has 1 aromatic rings. The monoisotopic (exact) mass is 398 g/mol. The molecule has 3 atom stereocenters. The largest absolute Gasteiger partial charge is 0.425 e. The van der Waals surface area contributed by atoms with Gasteiger partial charge >= 0.3 is 6.09 Å². The Bertz CT molecular complexity index is 745. The van der Waals surface area contributed by atoms with Gasteiger partial charge in [-0.1, -0.05) is 36.8 Å². The lowest BCUT2D eigenvalue weighted by Crippen LogP contribution is -2.45. The molecule has 2 saturated heterocycles. The highest BCUT2D eigenvalue weighted by Gasteiger charge is 2.47. The molecule has 6 nitrogen and oxygen atoms in total. The molecular weight excluding hydrogens is 368 g/mol. The maximum absolute atomic E-state index is 13.0. The maximum atomic E-state index is 13.0. The van der Waals surface area contributed by atoms with Gasteiger partial charge in [-0.25, -0.2) is 4.79 Å². The quantitative estimate of drug-likeness (QED) is 0.680. The van der Waals surface area contributed by atoms with E-state index in [1.807, 2.05) is 35.2 Å². The van der Waals surface area contributed by atoms with Gasteiger partial charge in [-0.2, -0.15) is 0 Å². The van der Waals surface area contributed by atoms with Crippen LogP contribution in [0.2, 0.25) is 0 Å². The lowest BCUT2D eigenvalue weighted by molar-refractivity contribution is -0.141. The van der Waals surface area contributed by atoms with Gasteiger partial charge in [0.15, 0.2) is 12.0 Å². The predicted octanol–water partition coefficient (Wildman–Crippen LogP) is 4.00. The third-order valence-corrected chi connectivity index (χ3v) is 6.57. The second kappa shape index (κ2) is 8.97.